The first-order valence-corrected chi connectivity index (χ1v) is 10.8. The van der Waals surface area contributed by atoms with Crippen molar-refractivity contribution in [2.24, 2.45) is 4.99 Å². The van der Waals surface area contributed by atoms with E-state index in [0.29, 0.717) is 19.2 Å². The number of benzene rings is 1. The second-order valence-electron chi connectivity index (χ2n) is 6.65. The summed E-state index contributed by atoms with van der Waals surface area (Å²) in [6.45, 7) is 6.22. The molecular formula is C21H31IN4O2S. The van der Waals surface area contributed by atoms with Crippen molar-refractivity contribution >= 4 is 46.3 Å². The number of ether oxygens (including phenoxy) is 2. The number of nitrogens with zero attached hydrogens (tertiary/aromatic N) is 2. The second kappa shape index (κ2) is 12.8. The summed E-state index contributed by atoms with van der Waals surface area (Å²) in [4.78, 5) is 7.13. The molecule has 0 atom stereocenters. The minimum absolute atomic E-state index is 0. The maximum absolute atomic E-state index is 5.77. The zero-order chi connectivity index (χ0) is 19.6. The van der Waals surface area contributed by atoms with Gasteiger partial charge >= 0.3 is 0 Å². The highest BCUT2D eigenvalue weighted by Crippen LogP contribution is 2.24. The number of rotatable bonds is 8. The van der Waals surface area contributed by atoms with Gasteiger partial charge in [0.05, 0.1) is 18.7 Å². The molecule has 1 saturated heterocycles. The molecule has 2 aromatic rings. The van der Waals surface area contributed by atoms with Gasteiger partial charge in [-0.15, -0.1) is 35.3 Å². The number of piperidine rings is 1. The zero-order valence-electron chi connectivity index (χ0n) is 17.1. The van der Waals surface area contributed by atoms with Crippen molar-refractivity contribution in [3.63, 3.8) is 0 Å². The van der Waals surface area contributed by atoms with Crippen LogP contribution in [0.1, 0.15) is 19.8 Å². The average molecular weight is 530 g/mol. The van der Waals surface area contributed by atoms with Gasteiger partial charge in [0.1, 0.15) is 18.1 Å². The molecule has 0 spiro atoms. The molecule has 1 aliphatic rings. The number of guanidine groups is 1. The minimum atomic E-state index is 0. The van der Waals surface area contributed by atoms with E-state index < -0.39 is 0 Å². The number of hydrogen-bond acceptors (Lipinski definition) is 5. The van der Waals surface area contributed by atoms with Crippen LogP contribution in [0.4, 0.5) is 5.00 Å². The van der Waals surface area contributed by atoms with Crippen LogP contribution in [0.15, 0.2) is 46.8 Å². The number of thiophene rings is 1. The fraction of sp³-hybridized carbons (Fsp3) is 0.476. The third-order valence-electron chi connectivity index (χ3n) is 4.67. The normalized spacial score (nSPS) is 14.8. The van der Waals surface area contributed by atoms with Crippen LogP contribution in [-0.4, -0.2) is 51.9 Å². The number of halogens is 1. The Morgan fingerprint density at radius 1 is 1.21 bits per heavy atom. The predicted molar refractivity (Wildman–Crippen MR) is 133 cm³/mol. The van der Waals surface area contributed by atoms with E-state index in [1.165, 1.54) is 5.00 Å². The standard InChI is InChI=1S/C21H30N4O2S.HI/c1-3-22-21(23-11-14-27-19-7-4-6-18(16-19)26-2)24-17-9-12-25(13-10-17)20-8-5-15-28-20;/h4-8,15-17H,3,9-14H2,1-2H3,(H2,22,23,24);1H. The van der Waals surface area contributed by atoms with Gasteiger partial charge in [-0.25, -0.2) is 4.99 Å². The smallest absolute Gasteiger partial charge is 0.191 e. The summed E-state index contributed by atoms with van der Waals surface area (Å²) in [5, 5.41) is 10.4. The van der Waals surface area contributed by atoms with Crippen molar-refractivity contribution in [1.82, 2.24) is 10.6 Å². The molecule has 1 aromatic heterocycles. The molecule has 8 heteroatoms. The van der Waals surface area contributed by atoms with Crippen LogP contribution in [-0.2, 0) is 0 Å². The lowest BCUT2D eigenvalue weighted by Crippen LogP contribution is -2.48. The van der Waals surface area contributed by atoms with E-state index in [1.807, 2.05) is 35.6 Å². The fourth-order valence-electron chi connectivity index (χ4n) is 3.22. The molecule has 0 saturated carbocycles. The van der Waals surface area contributed by atoms with Crippen LogP contribution in [0, 0.1) is 0 Å². The van der Waals surface area contributed by atoms with E-state index in [1.54, 1.807) is 7.11 Å². The Bertz CT molecular complexity index is 734. The highest BCUT2D eigenvalue weighted by atomic mass is 127. The summed E-state index contributed by atoms with van der Waals surface area (Å²) in [7, 11) is 1.66. The maximum atomic E-state index is 5.77. The average Bonchev–Trinajstić information content (AvgIpc) is 3.27. The van der Waals surface area contributed by atoms with Gasteiger partial charge in [0.15, 0.2) is 5.96 Å². The van der Waals surface area contributed by atoms with Gasteiger partial charge in [-0.05, 0) is 49.4 Å². The number of nitrogens with one attached hydrogen (secondary N) is 2. The summed E-state index contributed by atoms with van der Waals surface area (Å²) in [6.07, 6.45) is 2.23. The third-order valence-corrected chi connectivity index (χ3v) is 5.60. The molecule has 1 aliphatic heterocycles. The topological polar surface area (TPSA) is 58.1 Å². The Morgan fingerprint density at radius 2 is 2.00 bits per heavy atom. The summed E-state index contributed by atoms with van der Waals surface area (Å²) in [5.74, 6) is 2.46. The molecule has 160 valence electrons. The molecule has 1 aromatic carbocycles. The van der Waals surface area contributed by atoms with Crippen LogP contribution in [0.25, 0.3) is 0 Å². The van der Waals surface area contributed by atoms with Crippen LogP contribution in [0.5, 0.6) is 11.5 Å². The molecule has 0 aliphatic carbocycles. The Labute approximate surface area is 194 Å². The van der Waals surface area contributed by atoms with Crippen molar-refractivity contribution in [3.8, 4) is 11.5 Å². The number of aliphatic imine (C=N–C) groups is 1. The van der Waals surface area contributed by atoms with E-state index in [2.05, 4.69) is 45.0 Å². The van der Waals surface area contributed by atoms with Gasteiger partial charge in [0, 0.05) is 31.7 Å². The van der Waals surface area contributed by atoms with Crippen molar-refractivity contribution < 1.29 is 9.47 Å². The number of methoxy groups -OCH3 is 1. The largest absolute Gasteiger partial charge is 0.497 e. The number of anilines is 1. The Kier molecular flexibility index (Phi) is 10.4. The van der Waals surface area contributed by atoms with Gasteiger partial charge in [0.25, 0.3) is 0 Å². The molecule has 0 radical (unpaired) electrons. The first-order valence-electron chi connectivity index (χ1n) is 9.88. The van der Waals surface area contributed by atoms with Crippen molar-refractivity contribution in [2.45, 2.75) is 25.8 Å². The molecule has 1 fully saturated rings. The minimum Gasteiger partial charge on any atom is -0.497 e. The lowest BCUT2D eigenvalue weighted by atomic mass is 10.1. The van der Waals surface area contributed by atoms with E-state index in [0.717, 1.165) is 49.9 Å². The molecule has 6 nitrogen and oxygen atoms in total. The SMILES string of the molecule is CCNC(=NCCOc1cccc(OC)c1)NC1CCN(c2cccs2)CC1.I. The zero-order valence-corrected chi connectivity index (χ0v) is 20.2. The molecule has 2 N–H and O–H groups in total. The van der Waals surface area contributed by atoms with Crippen LogP contribution < -0.4 is 25.0 Å². The third kappa shape index (κ3) is 7.58. The lowest BCUT2D eigenvalue weighted by molar-refractivity contribution is 0.325. The Morgan fingerprint density at radius 3 is 2.69 bits per heavy atom. The van der Waals surface area contributed by atoms with E-state index >= 15 is 0 Å². The highest BCUT2D eigenvalue weighted by Gasteiger charge is 2.20. The van der Waals surface area contributed by atoms with Crippen LogP contribution in [0.3, 0.4) is 0 Å². The monoisotopic (exact) mass is 530 g/mol. The summed E-state index contributed by atoms with van der Waals surface area (Å²) >= 11 is 1.81. The molecule has 0 unspecified atom stereocenters. The van der Waals surface area contributed by atoms with E-state index in [-0.39, 0.29) is 24.0 Å². The molecule has 0 amide bonds. The summed E-state index contributed by atoms with van der Waals surface area (Å²) in [6, 6.07) is 12.4. The molecule has 0 bridgehead atoms. The Balaban J connectivity index is 0.00000300. The second-order valence-corrected chi connectivity index (χ2v) is 7.57. The van der Waals surface area contributed by atoms with Gasteiger partial charge < -0.3 is 25.0 Å². The van der Waals surface area contributed by atoms with Crippen molar-refractivity contribution in [1.29, 1.82) is 0 Å². The highest BCUT2D eigenvalue weighted by molar-refractivity contribution is 14.0. The summed E-state index contributed by atoms with van der Waals surface area (Å²) in [5.41, 5.74) is 0. The fourth-order valence-corrected chi connectivity index (χ4v) is 4.00. The van der Waals surface area contributed by atoms with E-state index in [4.69, 9.17) is 9.47 Å². The van der Waals surface area contributed by atoms with Gasteiger partial charge in [-0.3, -0.25) is 0 Å². The van der Waals surface area contributed by atoms with Crippen molar-refractivity contribution in [3.05, 3.63) is 41.8 Å². The predicted octanol–water partition coefficient (Wildman–Crippen LogP) is 3.98. The molecule has 29 heavy (non-hydrogen) atoms. The molecule has 2 heterocycles. The Hall–Kier alpha value is -1.68. The molecular weight excluding hydrogens is 499 g/mol. The summed E-state index contributed by atoms with van der Waals surface area (Å²) < 4.78 is 11.0. The first-order chi connectivity index (χ1) is 13.8. The van der Waals surface area contributed by atoms with Crippen LogP contribution >= 0.6 is 35.3 Å². The lowest BCUT2D eigenvalue weighted by Gasteiger charge is -2.33. The van der Waals surface area contributed by atoms with Gasteiger partial charge in [-0.1, -0.05) is 6.07 Å². The van der Waals surface area contributed by atoms with Gasteiger partial charge in [-0.2, -0.15) is 0 Å². The maximum Gasteiger partial charge on any atom is 0.191 e. The van der Waals surface area contributed by atoms with Gasteiger partial charge in [0.2, 0.25) is 0 Å². The van der Waals surface area contributed by atoms with Crippen molar-refractivity contribution in [2.75, 3.05) is 44.8 Å². The quantitative estimate of drug-likeness (QED) is 0.234. The first kappa shape index (κ1) is 23.6. The van der Waals surface area contributed by atoms with E-state index in [9.17, 15) is 0 Å². The number of hydrogen-bond donors (Lipinski definition) is 2. The van der Waals surface area contributed by atoms with Crippen LogP contribution in [0.2, 0.25) is 0 Å². The molecule has 3 rings (SSSR count).